The number of rotatable bonds is 4. The number of benzene rings is 1. The van der Waals surface area contributed by atoms with Gasteiger partial charge in [0.15, 0.2) is 6.67 Å². The largest absolute Gasteiger partial charge is 0.351 e. The van der Waals surface area contributed by atoms with Crippen LogP contribution in [0.25, 0.3) is 0 Å². The Morgan fingerprint density at radius 1 is 1.33 bits per heavy atom. The van der Waals surface area contributed by atoms with Crippen molar-refractivity contribution >= 4 is 11.4 Å². The molecule has 0 aromatic heterocycles. The lowest BCUT2D eigenvalue weighted by Crippen LogP contribution is -2.29. The number of anilines is 1. The van der Waals surface area contributed by atoms with Crippen molar-refractivity contribution in [2.45, 2.75) is 6.05 Å². The highest BCUT2D eigenvalue weighted by atomic mass is 19.3. The molecular formula is C8H7F3N2O2. The van der Waals surface area contributed by atoms with Crippen LogP contribution in [0, 0.1) is 10.1 Å². The average molecular weight is 220 g/mol. The quantitative estimate of drug-likeness (QED) is 0.482. The van der Waals surface area contributed by atoms with E-state index in [1.54, 1.807) is 5.32 Å². The van der Waals surface area contributed by atoms with Gasteiger partial charge in [0.1, 0.15) is 0 Å². The standard InChI is InChI=1S/C8H7F3N2O2/c9-5-8(10,11)12-6-1-3-7(4-2-6)13(14)15/h1-4,12H,5H2. The molecule has 0 unspecified atom stereocenters. The Hall–Kier alpha value is -1.79. The molecule has 0 bridgehead atoms. The van der Waals surface area contributed by atoms with Crippen LogP contribution in [0.2, 0.25) is 0 Å². The molecule has 1 aromatic rings. The fourth-order valence-corrected chi connectivity index (χ4v) is 0.911. The van der Waals surface area contributed by atoms with Gasteiger partial charge >= 0.3 is 6.05 Å². The minimum atomic E-state index is -3.66. The van der Waals surface area contributed by atoms with E-state index >= 15 is 0 Å². The van der Waals surface area contributed by atoms with Gasteiger partial charge in [-0.25, -0.2) is 4.39 Å². The van der Waals surface area contributed by atoms with Crippen LogP contribution in [0.3, 0.4) is 0 Å². The third-order valence-corrected chi connectivity index (χ3v) is 1.57. The Bertz CT molecular complexity index is 353. The van der Waals surface area contributed by atoms with Gasteiger partial charge in [0.2, 0.25) is 0 Å². The summed E-state index contributed by atoms with van der Waals surface area (Å²) in [5.74, 6) is 0. The Morgan fingerprint density at radius 3 is 2.27 bits per heavy atom. The fourth-order valence-electron chi connectivity index (χ4n) is 0.911. The molecule has 0 aliphatic rings. The Morgan fingerprint density at radius 2 is 1.87 bits per heavy atom. The maximum atomic E-state index is 12.5. The van der Waals surface area contributed by atoms with Crippen LogP contribution < -0.4 is 5.32 Å². The van der Waals surface area contributed by atoms with Crippen molar-refractivity contribution in [2.75, 3.05) is 12.0 Å². The maximum Gasteiger partial charge on any atom is 0.351 e. The molecule has 0 radical (unpaired) electrons. The zero-order valence-electron chi connectivity index (χ0n) is 7.41. The van der Waals surface area contributed by atoms with Crippen LogP contribution in [0.15, 0.2) is 24.3 Å². The molecule has 0 atom stereocenters. The second-order valence-corrected chi connectivity index (χ2v) is 2.77. The van der Waals surface area contributed by atoms with Gasteiger partial charge in [0.25, 0.3) is 5.69 Å². The second kappa shape index (κ2) is 4.16. The van der Waals surface area contributed by atoms with Gasteiger partial charge in [-0.15, -0.1) is 0 Å². The monoisotopic (exact) mass is 220 g/mol. The number of nitrogens with one attached hydrogen (secondary N) is 1. The first-order valence-corrected chi connectivity index (χ1v) is 3.91. The number of hydrogen-bond donors (Lipinski definition) is 1. The molecule has 0 heterocycles. The summed E-state index contributed by atoms with van der Waals surface area (Å²) >= 11 is 0. The topological polar surface area (TPSA) is 55.2 Å². The number of nitro groups is 1. The van der Waals surface area contributed by atoms with Crippen LogP contribution in [-0.4, -0.2) is 17.6 Å². The normalized spacial score (nSPS) is 11.1. The summed E-state index contributed by atoms with van der Waals surface area (Å²) in [5, 5.41) is 11.8. The van der Waals surface area contributed by atoms with Crippen LogP contribution >= 0.6 is 0 Å². The van der Waals surface area contributed by atoms with Gasteiger partial charge < -0.3 is 5.32 Å². The Balaban J connectivity index is 2.77. The van der Waals surface area contributed by atoms with E-state index in [-0.39, 0.29) is 11.4 Å². The van der Waals surface area contributed by atoms with E-state index in [4.69, 9.17) is 0 Å². The molecule has 0 fully saturated rings. The molecule has 1 aromatic carbocycles. The summed E-state index contributed by atoms with van der Waals surface area (Å²) in [6.07, 6.45) is 0. The molecule has 0 amide bonds. The van der Waals surface area contributed by atoms with Crippen molar-refractivity contribution in [2.24, 2.45) is 0 Å². The molecule has 0 aliphatic carbocycles. The molecule has 0 aliphatic heterocycles. The molecule has 4 nitrogen and oxygen atoms in total. The van der Waals surface area contributed by atoms with Gasteiger partial charge in [0.05, 0.1) is 4.92 Å². The predicted octanol–water partition coefficient (Wildman–Crippen LogP) is 2.57. The van der Waals surface area contributed by atoms with Gasteiger partial charge in [-0.05, 0) is 12.1 Å². The first-order valence-electron chi connectivity index (χ1n) is 3.91. The van der Waals surface area contributed by atoms with Crippen molar-refractivity contribution in [3.05, 3.63) is 34.4 Å². The molecular weight excluding hydrogens is 213 g/mol. The first kappa shape index (κ1) is 11.3. The lowest BCUT2D eigenvalue weighted by molar-refractivity contribution is -0.384. The lowest BCUT2D eigenvalue weighted by atomic mass is 10.3. The number of hydrogen-bond acceptors (Lipinski definition) is 3. The van der Waals surface area contributed by atoms with E-state index in [0.717, 1.165) is 24.3 Å². The van der Waals surface area contributed by atoms with Crippen molar-refractivity contribution in [3.63, 3.8) is 0 Å². The van der Waals surface area contributed by atoms with E-state index in [1.807, 2.05) is 0 Å². The summed E-state index contributed by atoms with van der Waals surface area (Å²) < 4.78 is 36.7. The number of nitro benzene ring substituents is 1. The van der Waals surface area contributed by atoms with Gasteiger partial charge in [-0.1, -0.05) is 0 Å². The van der Waals surface area contributed by atoms with E-state index < -0.39 is 17.6 Å². The number of halogens is 3. The highest BCUT2D eigenvalue weighted by Crippen LogP contribution is 2.21. The zero-order chi connectivity index (χ0) is 11.5. The Kier molecular flexibility index (Phi) is 3.13. The third kappa shape index (κ3) is 3.12. The number of nitrogens with zero attached hydrogens (tertiary/aromatic N) is 1. The van der Waals surface area contributed by atoms with Crippen LogP contribution in [0.4, 0.5) is 24.5 Å². The molecule has 1 rings (SSSR count). The van der Waals surface area contributed by atoms with Gasteiger partial charge in [-0.3, -0.25) is 10.1 Å². The highest BCUT2D eigenvalue weighted by molar-refractivity contribution is 5.49. The van der Waals surface area contributed by atoms with E-state index in [9.17, 15) is 23.3 Å². The highest BCUT2D eigenvalue weighted by Gasteiger charge is 2.28. The van der Waals surface area contributed by atoms with Crippen molar-refractivity contribution in [3.8, 4) is 0 Å². The minimum Gasteiger partial charge on any atom is -0.325 e. The second-order valence-electron chi connectivity index (χ2n) is 2.77. The van der Waals surface area contributed by atoms with E-state index in [1.165, 1.54) is 0 Å². The van der Waals surface area contributed by atoms with E-state index in [2.05, 4.69) is 0 Å². The molecule has 7 heteroatoms. The van der Waals surface area contributed by atoms with Crippen molar-refractivity contribution in [1.82, 2.24) is 0 Å². The van der Waals surface area contributed by atoms with E-state index in [0.29, 0.717) is 0 Å². The van der Waals surface area contributed by atoms with Crippen molar-refractivity contribution in [1.29, 1.82) is 0 Å². The summed E-state index contributed by atoms with van der Waals surface area (Å²) in [7, 11) is 0. The summed E-state index contributed by atoms with van der Waals surface area (Å²) in [4.78, 5) is 9.57. The number of alkyl halides is 3. The molecule has 0 spiro atoms. The van der Waals surface area contributed by atoms with Crippen LogP contribution in [0.5, 0.6) is 0 Å². The third-order valence-electron chi connectivity index (χ3n) is 1.57. The SMILES string of the molecule is O=[N+]([O-])c1ccc(NC(F)(F)CF)cc1. The molecule has 82 valence electrons. The van der Waals surface area contributed by atoms with Crippen LogP contribution in [-0.2, 0) is 0 Å². The molecule has 0 saturated heterocycles. The fraction of sp³-hybridized carbons (Fsp3) is 0.250. The summed E-state index contributed by atoms with van der Waals surface area (Å²) in [5.41, 5.74) is -0.299. The zero-order valence-corrected chi connectivity index (χ0v) is 7.41. The van der Waals surface area contributed by atoms with Crippen molar-refractivity contribution < 1.29 is 18.1 Å². The lowest BCUT2D eigenvalue weighted by Gasteiger charge is -2.14. The predicted molar refractivity (Wildman–Crippen MR) is 47.6 cm³/mol. The molecule has 15 heavy (non-hydrogen) atoms. The Labute approximate surface area is 82.9 Å². The van der Waals surface area contributed by atoms with Gasteiger partial charge in [-0.2, -0.15) is 8.78 Å². The van der Waals surface area contributed by atoms with Gasteiger partial charge in [0, 0.05) is 17.8 Å². The minimum absolute atomic E-state index is 0.0803. The smallest absolute Gasteiger partial charge is 0.325 e. The average Bonchev–Trinajstić information content (AvgIpc) is 2.18. The summed E-state index contributed by atoms with van der Waals surface area (Å²) in [6, 6.07) is 0.618. The maximum absolute atomic E-state index is 12.5. The summed E-state index contributed by atoms with van der Waals surface area (Å²) in [6.45, 7) is -1.84. The van der Waals surface area contributed by atoms with Crippen LogP contribution in [0.1, 0.15) is 0 Å². The molecule has 0 saturated carbocycles. The molecule has 1 N–H and O–H groups in total. The number of non-ortho nitro benzene ring substituents is 1. The first-order chi connectivity index (χ1) is 6.94.